The summed E-state index contributed by atoms with van der Waals surface area (Å²) in [6.45, 7) is 1.50. The normalized spacial score (nSPS) is 38.4. The van der Waals surface area contributed by atoms with Crippen molar-refractivity contribution in [3.05, 3.63) is 0 Å². The lowest BCUT2D eigenvalue weighted by molar-refractivity contribution is -0.170. The van der Waals surface area contributed by atoms with Crippen molar-refractivity contribution in [3.63, 3.8) is 0 Å². The molecular weight excluding hydrogens is 231 g/mol. The maximum atomic E-state index is 12.6. The van der Waals surface area contributed by atoms with Gasteiger partial charge in [0.2, 0.25) is 5.91 Å². The van der Waals surface area contributed by atoms with Gasteiger partial charge in [-0.1, -0.05) is 19.8 Å². The number of halogens is 3. The Hall–Kier alpha value is -0.740. The van der Waals surface area contributed by atoms with Crippen LogP contribution < -0.4 is 0 Å². The smallest absolute Gasteiger partial charge is 0.342 e. The van der Waals surface area contributed by atoms with Gasteiger partial charge in [-0.2, -0.15) is 13.2 Å². The molecular formula is C12H18F3NO. The van der Waals surface area contributed by atoms with Crippen LogP contribution in [0.3, 0.4) is 0 Å². The van der Waals surface area contributed by atoms with E-state index in [-0.39, 0.29) is 17.9 Å². The molecule has 1 saturated heterocycles. The van der Waals surface area contributed by atoms with Gasteiger partial charge in [0.1, 0.15) is 0 Å². The molecule has 2 fully saturated rings. The number of fused-ring (bicyclic) bond motifs is 1. The van der Waals surface area contributed by atoms with Gasteiger partial charge in [0, 0.05) is 13.1 Å². The number of likely N-dealkylation sites (tertiary alicyclic amines) is 1. The quantitative estimate of drug-likeness (QED) is 0.699. The number of hydrogen-bond donors (Lipinski definition) is 0. The van der Waals surface area contributed by atoms with Crippen LogP contribution in [0.1, 0.15) is 39.0 Å². The van der Waals surface area contributed by atoms with Crippen LogP contribution in [0.5, 0.6) is 0 Å². The number of hydrogen-bond acceptors (Lipinski definition) is 1. The first-order valence-corrected chi connectivity index (χ1v) is 6.10. The third kappa shape index (κ3) is 2.04. The van der Waals surface area contributed by atoms with Crippen LogP contribution in [0.2, 0.25) is 0 Å². The second kappa shape index (κ2) is 3.89. The fourth-order valence-corrected chi connectivity index (χ4v) is 3.65. The van der Waals surface area contributed by atoms with Crippen LogP contribution in [0.25, 0.3) is 0 Å². The first-order valence-electron chi connectivity index (χ1n) is 6.10. The fraction of sp³-hybridized carbons (Fsp3) is 0.917. The maximum Gasteiger partial charge on any atom is 0.390 e. The lowest BCUT2D eigenvalue weighted by Crippen LogP contribution is -2.37. The van der Waals surface area contributed by atoms with Gasteiger partial charge in [-0.15, -0.1) is 0 Å². The Morgan fingerprint density at radius 3 is 2.53 bits per heavy atom. The van der Waals surface area contributed by atoms with Crippen molar-refractivity contribution in [1.29, 1.82) is 0 Å². The highest BCUT2D eigenvalue weighted by atomic mass is 19.4. The molecule has 1 amide bonds. The summed E-state index contributed by atoms with van der Waals surface area (Å²) in [7, 11) is 1.65. The van der Waals surface area contributed by atoms with Gasteiger partial charge in [-0.05, 0) is 18.8 Å². The van der Waals surface area contributed by atoms with Gasteiger partial charge in [-0.25, -0.2) is 0 Å². The summed E-state index contributed by atoms with van der Waals surface area (Å²) >= 11 is 0. The summed E-state index contributed by atoms with van der Waals surface area (Å²) in [6, 6.07) is 0.0172. The molecule has 0 radical (unpaired) electrons. The Morgan fingerprint density at radius 1 is 1.35 bits per heavy atom. The van der Waals surface area contributed by atoms with E-state index >= 15 is 0 Å². The molecule has 5 heteroatoms. The Bertz CT molecular complexity index is 328. The van der Waals surface area contributed by atoms with E-state index in [1.54, 1.807) is 11.9 Å². The van der Waals surface area contributed by atoms with Crippen LogP contribution in [-0.4, -0.2) is 30.1 Å². The summed E-state index contributed by atoms with van der Waals surface area (Å²) in [6.07, 6.45) is -1.70. The number of alkyl halides is 3. The first kappa shape index (κ1) is 12.7. The van der Waals surface area contributed by atoms with Crippen molar-refractivity contribution in [2.45, 2.75) is 51.2 Å². The Kier molecular flexibility index (Phi) is 2.91. The molecule has 1 saturated carbocycles. The molecule has 2 nitrogen and oxygen atoms in total. The second-order valence-corrected chi connectivity index (χ2v) is 5.58. The summed E-state index contributed by atoms with van der Waals surface area (Å²) in [4.78, 5) is 13.6. The Labute approximate surface area is 99.2 Å². The molecule has 3 unspecified atom stereocenters. The zero-order chi connectivity index (χ0) is 12.8. The molecule has 3 atom stereocenters. The van der Waals surface area contributed by atoms with E-state index in [0.717, 1.165) is 25.7 Å². The third-order valence-corrected chi connectivity index (χ3v) is 4.42. The summed E-state index contributed by atoms with van der Waals surface area (Å²) < 4.78 is 37.9. The SMILES string of the molecule is CN1C(=O)C(C)(CC(F)(F)F)C2CCCCC21. The number of nitrogens with zero attached hydrogens (tertiary/aromatic N) is 1. The van der Waals surface area contributed by atoms with Gasteiger partial charge < -0.3 is 4.90 Å². The van der Waals surface area contributed by atoms with Crippen molar-refractivity contribution >= 4 is 5.91 Å². The van der Waals surface area contributed by atoms with Gasteiger partial charge >= 0.3 is 6.18 Å². The van der Waals surface area contributed by atoms with Crippen LogP contribution in [0.4, 0.5) is 13.2 Å². The van der Waals surface area contributed by atoms with Crippen molar-refractivity contribution in [2.24, 2.45) is 11.3 Å². The Morgan fingerprint density at radius 2 is 1.94 bits per heavy atom. The van der Waals surface area contributed by atoms with E-state index in [1.807, 2.05) is 0 Å². The van der Waals surface area contributed by atoms with Crippen LogP contribution >= 0.6 is 0 Å². The summed E-state index contributed by atoms with van der Waals surface area (Å²) in [5.41, 5.74) is -1.24. The molecule has 1 aliphatic carbocycles. The van der Waals surface area contributed by atoms with E-state index in [1.165, 1.54) is 6.92 Å². The standard InChI is InChI=1S/C12H18F3NO/c1-11(7-12(13,14)15)8-5-3-4-6-9(8)16(2)10(11)17/h8-9H,3-7H2,1-2H3. The highest BCUT2D eigenvalue weighted by Crippen LogP contribution is 2.52. The molecule has 1 heterocycles. The van der Waals surface area contributed by atoms with Gasteiger partial charge in [-0.3, -0.25) is 4.79 Å². The minimum absolute atomic E-state index is 0.0172. The van der Waals surface area contributed by atoms with E-state index < -0.39 is 18.0 Å². The average molecular weight is 249 g/mol. The minimum atomic E-state index is -4.27. The molecule has 0 aromatic carbocycles. The summed E-state index contributed by atoms with van der Waals surface area (Å²) in [5, 5.41) is 0. The molecule has 0 aromatic rings. The predicted octanol–water partition coefficient (Wildman–Crippen LogP) is 2.98. The highest BCUT2D eigenvalue weighted by Gasteiger charge is 2.58. The number of amides is 1. The fourth-order valence-electron chi connectivity index (χ4n) is 3.65. The second-order valence-electron chi connectivity index (χ2n) is 5.58. The first-order chi connectivity index (χ1) is 7.76. The topological polar surface area (TPSA) is 20.3 Å². The largest absolute Gasteiger partial charge is 0.390 e. The molecule has 2 rings (SSSR count). The van der Waals surface area contributed by atoms with Crippen LogP contribution in [0, 0.1) is 11.3 Å². The molecule has 2 aliphatic rings. The van der Waals surface area contributed by atoms with Crippen molar-refractivity contribution in [2.75, 3.05) is 7.05 Å². The molecule has 0 spiro atoms. The maximum absolute atomic E-state index is 12.6. The zero-order valence-corrected chi connectivity index (χ0v) is 10.2. The summed E-state index contributed by atoms with van der Waals surface area (Å²) in [5.74, 6) is -0.456. The average Bonchev–Trinajstić information content (AvgIpc) is 2.40. The van der Waals surface area contributed by atoms with Gasteiger partial charge in [0.25, 0.3) is 0 Å². The van der Waals surface area contributed by atoms with E-state index in [9.17, 15) is 18.0 Å². The number of carbonyl (C=O) groups excluding carboxylic acids is 1. The zero-order valence-electron chi connectivity index (χ0n) is 10.2. The molecule has 17 heavy (non-hydrogen) atoms. The number of rotatable bonds is 1. The van der Waals surface area contributed by atoms with Crippen molar-refractivity contribution < 1.29 is 18.0 Å². The molecule has 0 N–H and O–H groups in total. The van der Waals surface area contributed by atoms with E-state index in [4.69, 9.17) is 0 Å². The third-order valence-electron chi connectivity index (χ3n) is 4.42. The van der Waals surface area contributed by atoms with Gasteiger partial charge in [0.15, 0.2) is 0 Å². The highest BCUT2D eigenvalue weighted by molar-refractivity contribution is 5.85. The molecule has 0 aromatic heterocycles. The monoisotopic (exact) mass is 249 g/mol. The van der Waals surface area contributed by atoms with Crippen LogP contribution in [-0.2, 0) is 4.79 Å². The minimum Gasteiger partial charge on any atom is -0.342 e. The lowest BCUT2D eigenvalue weighted by atomic mass is 9.69. The molecule has 0 bridgehead atoms. The lowest BCUT2D eigenvalue weighted by Gasteiger charge is -2.34. The molecule has 98 valence electrons. The van der Waals surface area contributed by atoms with E-state index in [0.29, 0.717) is 0 Å². The van der Waals surface area contributed by atoms with Crippen molar-refractivity contribution in [3.8, 4) is 0 Å². The Balaban J connectivity index is 2.28. The van der Waals surface area contributed by atoms with Crippen LogP contribution in [0.15, 0.2) is 0 Å². The predicted molar refractivity (Wildman–Crippen MR) is 57.3 cm³/mol. The molecule has 1 aliphatic heterocycles. The van der Waals surface area contributed by atoms with E-state index in [2.05, 4.69) is 0 Å². The van der Waals surface area contributed by atoms with Gasteiger partial charge in [0.05, 0.1) is 11.8 Å². The van der Waals surface area contributed by atoms with Crippen molar-refractivity contribution in [1.82, 2.24) is 4.90 Å². The number of carbonyl (C=O) groups is 1.